The molecule has 3 rings (SSSR count). The van der Waals surface area contributed by atoms with Crippen molar-refractivity contribution in [3.63, 3.8) is 0 Å². The number of hydrogen-bond acceptors (Lipinski definition) is 2. The van der Waals surface area contributed by atoms with Gasteiger partial charge in [-0.05, 0) is 53.6 Å². The van der Waals surface area contributed by atoms with Gasteiger partial charge in [0.1, 0.15) is 5.75 Å². The first kappa shape index (κ1) is 17.1. The van der Waals surface area contributed by atoms with E-state index in [2.05, 4.69) is 66.1 Å². The van der Waals surface area contributed by atoms with Gasteiger partial charge in [0.25, 0.3) is 0 Å². The Balaban J connectivity index is 1.69. The highest BCUT2D eigenvalue weighted by Crippen LogP contribution is 2.15. The summed E-state index contributed by atoms with van der Waals surface area (Å²) < 4.78 is 0. The minimum absolute atomic E-state index is 0.316. The van der Waals surface area contributed by atoms with E-state index < -0.39 is 0 Å². The summed E-state index contributed by atoms with van der Waals surface area (Å²) in [6, 6.07) is 22.1. The summed E-state index contributed by atoms with van der Waals surface area (Å²) in [7, 11) is 0. The van der Waals surface area contributed by atoms with Crippen LogP contribution in [-0.2, 0) is 6.54 Å². The molecular formula is C23H23NO. The van der Waals surface area contributed by atoms with E-state index in [1.807, 2.05) is 18.2 Å². The summed E-state index contributed by atoms with van der Waals surface area (Å²) in [5, 5.41) is 12.1. The molecule has 0 aromatic heterocycles. The minimum Gasteiger partial charge on any atom is -0.508 e. The standard InChI is InChI=1S/C23H23NO/c1-2-14-24(18-20-7-5-11-23(25)17-20)15-6-8-19-12-13-21-9-3-4-10-22(21)16-19/h3-5,7,9-13,16-17,25H,2,14-15,18H2,1H3. The number of rotatable bonds is 5. The van der Waals surface area contributed by atoms with Crippen LogP contribution < -0.4 is 0 Å². The molecule has 0 spiro atoms. The number of phenolic OH excluding ortho intramolecular Hbond substituents is 1. The van der Waals surface area contributed by atoms with Crippen LogP contribution >= 0.6 is 0 Å². The number of fused-ring (bicyclic) bond motifs is 1. The molecule has 2 nitrogen and oxygen atoms in total. The fourth-order valence-corrected chi connectivity index (χ4v) is 2.96. The van der Waals surface area contributed by atoms with E-state index >= 15 is 0 Å². The third-order valence-corrected chi connectivity index (χ3v) is 4.14. The third-order valence-electron chi connectivity index (χ3n) is 4.14. The molecule has 0 amide bonds. The summed E-state index contributed by atoms with van der Waals surface area (Å²) >= 11 is 0. The van der Waals surface area contributed by atoms with Gasteiger partial charge in [-0.25, -0.2) is 0 Å². The lowest BCUT2D eigenvalue weighted by molar-refractivity contribution is 0.299. The van der Waals surface area contributed by atoms with Crippen molar-refractivity contribution in [3.05, 3.63) is 77.9 Å². The Morgan fingerprint density at radius 2 is 1.76 bits per heavy atom. The Morgan fingerprint density at radius 3 is 2.56 bits per heavy atom. The largest absolute Gasteiger partial charge is 0.508 e. The lowest BCUT2D eigenvalue weighted by Crippen LogP contribution is -2.24. The number of hydrogen-bond donors (Lipinski definition) is 1. The Hall–Kier alpha value is -2.76. The van der Waals surface area contributed by atoms with Gasteiger partial charge in [0, 0.05) is 12.1 Å². The van der Waals surface area contributed by atoms with Gasteiger partial charge in [-0.3, -0.25) is 4.90 Å². The Morgan fingerprint density at radius 1 is 0.920 bits per heavy atom. The Bertz CT molecular complexity index is 904. The number of nitrogens with zero attached hydrogens (tertiary/aromatic N) is 1. The molecule has 0 aliphatic heterocycles. The Kier molecular flexibility index (Phi) is 5.72. The SMILES string of the molecule is CCCN(CC#Cc1ccc2ccccc2c1)Cc1cccc(O)c1. The van der Waals surface area contributed by atoms with Gasteiger partial charge in [-0.1, -0.05) is 61.2 Å². The van der Waals surface area contributed by atoms with Gasteiger partial charge in [-0.2, -0.15) is 0 Å². The molecule has 3 aromatic rings. The van der Waals surface area contributed by atoms with Gasteiger partial charge in [0.2, 0.25) is 0 Å². The molecule has 1 N–H and O–H groups in total. The van der Waals surface area contributed by atoms with Crippen LogP contribution in [0.1, 0.15) is 24.5 Å². The average molecular weight is 329 g/mol. The Labute approximate surface area is 149 Å². The van der Waals surface area contributed by atoms with Crippen LogP contribution in [0.15, 0.2) is 66.7 Å². The third kappa shape index (κ3) is 4.86. The summed E-state index contributed by atoms with van der Waals surface area (Å²) in [6.45, 7) is 4.68. The molecular weight excluding hydrogens is 306 g/mol. The zero-order chi connectivity index (χ0) is 17.5. The monoisotopic (exact) mass is 329 g/mol. The van der Waals surface area contributed by atoms with Crippen LogP contribution in [0.25, 0.3) is 10.8 Å². The molecule has 3 aromatic carbocycles. The van der Waals surface area contributed by atoms with E-state index in [4.69, 9.17) is 0 Å². The van der Waals surface area contributed by atoms with Crippen LogP contribution in [0.3, 0.4) is 0 Å². The van der Waals surface area contributed by atoms with Crippen molar-refractivity contribution < 1.29 is 5.11 Å². The first-order valence-corrected chi connectivity index (χ1v) is 8.72. The average Bonchev–Trinajstić information content (AvgIpc) is 2.62. The zero-order valence-electron chi connectivity index (χ0n) is 14.6. The second-order valence-electron chi connectivity index (χ2n) is 6.24. The molecule has 0 aliphatic carbocycles. The molecule has 0 saturated carbocycles. The normalized spacial score (nSPS) is 10.6. The van der Waals surface area contributed by atoms with Crippen molar-refractivity contribution in [2.24, 2.45) is 0 Å². The lowest BCUT2D eigenvalue weighted by Gasteiger charge is -2.19. The predicted molar refractivity (Wildman–Crippen MR) is 105 cm³/mol. The number of phenols is 1. The molecule has 0 bridgehead atoms. The zero-order valence-corrected chi connectivity index (χ0v) is 14.6. The lowest BCUT2D eigenvalue weighted by atomic mass is 10.1. The van der Waals surface area contributed by atoms with Crippen molar-refractivity contribution in [3.8, 4) is 17.6 Å². The molecule has 0 atom stereocenters. The molecule has 0 saturated heterocycles. The van der Waals surface area contributed by atoms with Crippen molar-refractivity contribution in [1.29, 1.82) is 0 Å². The highest BCUT2D eigenvalue weighted by molar-refractivity contribution is 5.83. The molecule has 0 radical (unpaired) electrons. The maximum atomic E-state index is 9.62. The summed E-state index contributed by atoms with van der Waals surface area (Å²) in [4.78, 5) is 2.31. The van der Waals surface area contributed by atoms with E-state index in [9.17, 15) is 5.11 Å². The van der Waals surface area contributed by atoms with Gasteiger partial charge in [-0.15, -0.1) is 0 Å². The highest BCUT2D eigenvalue weighted by Gasteiger charge is 2.04. The van der Waals surface area contributed by atoms with E-state index in [1.165, 1.54) is 10.8 Å². The summed E-state index contributed by atoms with van der Waals surface area (Å²) in [5.74, 6) is 6.90. The first-order valence-electron chi connectivity index (χ1n) is 8.72. The maximum absolute atomic E-state index is 9.62. The molecule has 126 valence electrons. The second-order valence-corrected chi connectivity index (χ2v) is 6.24. The van der Waals surface area contributed by atoms with E-state index in [0.717, 1.165) is 37.2 Å². The van der Waals surface area contributed by atoms with Gasteiger partial charge < -0.3 is 5.11 Å². The predicted octanol–water partition coefficient (Wildman–Crippen LogP) is 4.81. The molecule has 0 unspecified atom stereocenters. The van der Waals surface area contributed by atoms with Crippen molar-refractivity contribution in [2.75, 3.05) is 13.1 Å². The maximum Gasteiger partial charge on any atom is 0.115 e. The van der Waals surface area contributed by atoms with Crippen molar-refractivity contribution in [2.45, 2.75) is 19.9 Å². The van der Waals surface area contributed by atoms with Crippen molar-refractivity contribution in [1.82, 2.24) is 4.90 Å². The minimum atomic E-state index is 0.316. The van der Waals surface area contributed by atoms with E-state index in [0.29, 0.717) is 5.75 Å². The van der Waals surface area contributed by atoms with Gasteiger partial charge >= 0.3 is 0 Å². The molecule has 0 fully saturated rings. The first-order chi connectivity index (χ1) is 12.2. The molecule has 0 heterocycles. The quantitative estimate of drug-likeness (QED) is 0.679. The summed E-state index contributed by atoms with van der Waals surface area (Å²) in [5.41, 5.74) is 2.16. The number of benzene rings is 3. The fourth-order valence-electron chi connectivity index (χ4n) is 2.96. The van der Waals surface area contributed by atoms with Gasteiger partial charge in [0.15, 0.2) is 0 Å². The number of aromatic hydroxyl groups is 1. The topological polar surface area (TPSA) is 23.5 Å². The van der Waals surface area contributed by atoms with E-state index in [1.54, 1.807) is 6.07 Å². The van der Waals surface area contributed by atoms with Crippen LogP contribution in [0.5, 0.6) is 5.75 Å². The fraction of sp³-hybridized carbons (Fsp3) is 0.217. The van der Waals surface area contributed by atoms with E-state index in [-0.39, 0.29) is 0 Å². The van der Waals surface area contributed by atoms with Crippen LogP contribution in [0, 0.1) is 11.8 Å². The van der Waals surface area contributed by atoms with Crippen LogP contribution in [0.4, 0.5) is 0 Å². The second kappa shape index (κ2) is 8.37. The van der Waals surface area contributed by atoms with Gasteiger partial charge in [0.05, 0.1) is 6.54 Å². The van der Waals surface area contributed by atoms with Crippen LogP contribution in [-0.4, -0.2) is 23.1 Å². The molecule has 25 heavy (non-hydrogen) atoms. The highest BCUT2D eigenvalue weighted by atomic mass is 16.3. The summed E-state index contributed by atoms with van der Waals surface area (Å²) in [6.07, 6.45) is 1.08. The molecule has 0 aliphatic rings. The smallest absolute Gasteiger partial charge is 0.115 e. The van der Waals surface area contributed by atoms with Crippen molar-refractivity contribution >= 4 is 10.8 Å². The molecule has 2 heteroatoms. The van der Waals surface area contributed by atoms with Crippen LogP contribution in [0.2, 0.25) is 0 Å².